The summed E-state index contributed by atoms with van der Waals surface area (Å²) >= 11 is 0. The van der Waals surface area contributed by atoms with Gasteiger partial charge in [-0.1, -0.05) is 13.8 Å². The lowest BCUT2D eigenvalue weighted by Gasteiger charge is -2.52. The molecule has 0 aromatic rings. The number of carbonyl (C=O) groups excluding carboxylic acids is 1. The molecule has 2 aliphatic carbocycles. The molecule has 1 spiro atoms. The van der Waals surface area contributed by atoms with E-state index in [1.807, 2.05) is 0 Å². The number of hydrogen-bond donors (Lipinski definition) is 0. The normalized spacial score (nSPS) is 41.9. The van der Waals surface area contributed by atoms with Gasteiger partial charge in [-0.2, -0.15) is 0 Å². The summed E-state index contributed by atoms with van der Waals surface area (Å²) in [6.45, 7) is 7.58. The van der Waals surface area contributed by atoms with Crippen LogP contribution in [0.1, 0.15) is 46.5 Å². The lowest BCUT2D eigenvalue weighted by Crippen LogP contribution is -2.56. The molecule has 1 saturated heterocycles. The number of rotatable bonds is 1. The fourth-order valence-corrected chi connectivity index (χ4v) is 4.26. The van der Waals surface area contributed by atoms with E-state index < -0.39 is 5.79 Å². The summed E-state index contributed by atoms with van der Waals surface area (Å²) in [7, 11) is 0. The Bertz CT molecular complexity index is 354. The highest BCUT2D eigenvalue weighted by atomic mass is 16.7. The molecule has 2 unspecified atom stereocenters. The van der Waals surface area contributed by atoms with Gasteiger partial charge in [-0.25, -0.2) is 0 Å². The van der Waals surface area contributed by atoms with E-state index in [2.05, 4.69) is 13.8 Å². The quantitative estimate of drug-likeness (QED) is 0.704. The van der Waals surface area contributed by atoms with Gasteiger partial charge in [-0.05, 0) is 32.1 Å². The minimum Gasteiger partial charge on any atom is -0.347 e. The largest absolute Gasteiger partial charge is 0.347 e. The Morgan fingerprint density at radius 1 is 1.24 bits per heavy atom. The molecule has 17 heavy (non-hydrogen) atoms. The van der Waals surface area contributed by atoms with E-state index in [4.69, 9.17) is 9.47 Å². The van der Waals surface area contributed by atoms with Crippen LogP contribution in [0.25, 0.3) is 0 Å². The van der Waals surface area contributed by atoms with Crippen LogP contribution in [0.5, 0.6) is 0 Å². The first-order chi connectivity index (χ1) is 7.92. The maximum Gasteiger partial charge on any atom is 0.174 e. The van der Waals surface area contributed by atoms with Gasteiger partial charge in [0, 0.05) is 17.3 Å². The van der Waals surface area contributed by atoms with Crippen LogP contribution in [0, 0.1) is 16.7 Å². The van der Waals surface area contributed by atoms with Crippen LogP contribution in [-0.2, 0) is 14.3 Å². The van der Waals surface area contributed by atoms with Crippen LogP contribution >= 0.6 is 0 Å². The Kier molecular flexibility index (Phi) is 2.28. The minimum atomic E-state index is -0.502. The Hall–Kier alpha value is -0.410. The van der Waals surface area contributed by atoms with Crippen LogP contribution in [0.4, 0.5) is 0 Å². The van der Waals surface area contributed by atoms with Crippen LogP contribution in [0.15, 0.2) is 0 Å². The van der Waals surface area contributed by atoms with E-state index in [1.54, 1.807) is 6.92 Å². The number of hydrogen-bond acceptors (Lipinski definition) is 3. The molecule has 3 aliphatic rings. The van der Waals surface area contributed by atoms with Crippen molar-refractivity contribution in [2.75, 3.05) is 13.2 Å². The summed E-state index contributed by atoms with van der Waals surface area (Å²) in [6, 6.07) is 0. The number of Topliss-reactive ketones (excluding diaryl/α,β-unsaturated/α-hetero) is 1. The van der Waals surface area contributed by atoms with E-state index in [9.17, 15) is 4.79 Å². The van der Waals surface area contributed by atoms with Gasteiger partial charge in [0.15, 0.2) is 5.79 Å². The summed E-state index contributed by atoms with van der Waals surface area (Å²) in [5.74, 6) is 0.380. The molecule has 1 aliphatic heterocycles. The molecule has 2 atom stereocenters. The van der Waals surface area contributed by atoms with E-state index >= 15 is 0 Å². The van der Waals surface area contributed by atoms with Crippen molar-refractivity contribution in [3.63, 3.8) is 0 Å². The van der Waals surface area contributed by atoms with E-state index in [1.165, 1.54) is 0 Å². The Balaban J connectivity index is 2.02. The van der Waals surface area contributed by atoms with Crippen molar-refractivity contribution in [3.8, 4) is 0 Å². The van der Waals surface area contributed by atoms with Gasteiger partial charge in [0.25, 0.3) is 0 Å². The van der Waals surface area contributed by atoms with Crippen molar-refractivity contribution in [2.45, 2.75) is 52.2 Å². The summed E-state index contributed by atoms with van der Waals surface area (Å²) in [5, 5.41) is 0. The highest BCUT2D eigenvalue weighted by Gasteiger charge is 2.65. The topological polar surface area (TPSA) is 35.5 Å². The molecule has 3 rings (SSSR count). The minimum absolute atomic E-state index is 0.0267. The van der Waals surface area contributed by atoms with Crippen LogP contribution < -0.4 is 0 Å². The zero-order chi connectivity index (χ0) is 12.3. The molecule has 2 bridgehead atoms. The van der Waals surface area contributed by atoms with Crippen molar-refractivity contribution in [1.29, 1.82) is 0 Å². The lowest BCUT2D eigenvalue weighted by atomic mass is 9.59. The van der Waals surface area contributed by atoms with Gasteiger partial charge < -0.3 is 9.47 Å². The van der Waals surface area contributed by atoms with Crippen molar-refractivity contribution in [3.05, 3.63) is 0 Å². The zero-order valence-electron chi connectivity index (χ0n) is 11.0. The number of ether oxygens (including phenoxy) is 2. The average Bonchev–Trinajstić information content (AvgIpc) is 2.84. The Morgan fingerprint density at radius 2 is 1.88 bits per heavy atom. The van der Waals surface area contributed by atoms with Crippen LogP contribution in [-0.4, -0.2) is 24.8 Å². The average molecular weight is 238 g/mol. The third-order valence-corrected chi connectivity index (χ3v) is 5.68. The summed E-state index contributed by atoms with van der Waals surface area (Å²) < 4.78 is 12.0. The molecule has 3 fully saturated rings. The predicted octanol–water partition coefficient (Wildman–Crippen LogP) is 2.53. The third-order valence-electron chi connectivity index (χ3n) is 5.68. The van der Waals surface area contributed by atoms with Gasteiger partial charge in [0.2, 0.25) is 0 Å². The second-order valence-corrected chi connectivity index (χ2v) is 6.62. The molecule has 0 N–H and O–H groups in total. The maximum atomic E-state index is 12.0. The van der Waals surface area contributed by atoms with Crippen molar-refractivity contribution in [1.82, 2.24) is 0 Å². The first-order valence-electron chi connectivity index (χ1n) is 6.71. The standard InChI is InChI=1S/C14H22O3/c1-10(15)13-5-4-11(8-13)12(2,3)14(9-13)16-6-7-17-14/h11H,4-9H2,1-3H3. The molecule has 0 radical (unpaired) electrons. The van der Waals surface area contributed by atoms with Crippen molar-refractivity contribution >= 4 is 5.78 Å². The number of carbonyl (C=O) groups is 1. The SMILES string of the molecule is CC(=O)C12CCC(C1)C(C)(C)C1(C2)OCCO1. The van der Waals surface area contributed by atoms with Crippen LogP contribution in [0.2, 0.25) is 0 Å². The van der Waals surface area contributed by atoms with E-state index in [0.29, 0.717) is 24.9 Å². The first-order valence-corrected chi connectivity index (χ1v) is 6.71. The highest BCUT2D eigenvalue weighted by molar-refractivity contribution is 5.83. The molecular weight excluding hydrogens is 216 g/mol. The van der Waals surface area contributed by atoms with E-state index in [0.717, 1.165) is 25.7 Å². The van der Waals surface area contributed by atoms with Crippen molar-refractivity contribution < 1.29 is 14.3 Å². The van der Waals surface area contributed by atoms with Gasteiger partial charge >= 0.3 is 0 Å². The molecule has 0 aromatic carbocycles. The molecule has 2 saturated carbocycles. The van der Waals surface area contributed by atoms with Crippen LogP contribution in [0.3, 0.4) is 0 Å². The Morgan fingerprint density at radius 3 is 2.47 bits per heavy atom. The molecule has 96 valence electrons. The molecule has 3 heteroatoms. The first kappa shape index (κ1) is 11.7. The fourth-order valence-electron chi connectivity index (χ4n) is 4.26. The third kappa shape index (κ3) is 1.33. The molecule has 3 nitrogen and oxygen atoms in total. The second kappa shape index (κ2) is 3.33. The number of ketones is 1. The van der Waals surface area contributed by atoms with E-state index in [-0.39, 0.29) is 10.8 Å². The molecule has 1 heterocycles. The van der Waals surface area contributed by atoms with Crippen molar-refractivity contribution in [2.24, 2.45) is 16.7 Å². The summed E-state index contributed by atoms with van der Waals surface area (Å²) in [4.78, 5) is 12.0. The Labute approximate surface area is 103 Å². The highest BCUT2D eigenvalue weighted by Crippen LogP contribution is 2.64. The van der Waals surface area contributed by atoms with Gasteiger partial charge in [-0.15, -0.1) is 0 Å². The zero-order valence-corrected chi connectivity index (χ0v) is 11.0. The van der Waals surface area contributed by atoms with Gasteiger partial charge in [0.05, 0.1) is 13.2 Å². The van der Waals surface area contributed by atoms with Gasteiger partial charge in [0.1, 0.15) is 5.78 Å². The lowest BCUT2D eigenvalue weighted by molar-refractivity contribution is -0.271. The molecule has 0 aromatic heterocycles. The molecular formula is C14H22O3. The number of fused-ring (bicyclic) bond motifs is 2. The monoisotopic (exact) mass is 238 g/mol. The molecule has 0 amide bonds. The summed E-state index contributed by atoms with van der Waals surface area (Å²) in [5.41, 5.74) is -0.135. The summed E-state index contributed by atoms with van der Waals surface area (Å²) in [6.07, 6.45) is 3.95. The smallest absolute Gasteiger partial charge is 0.174 e. The maximum absolute atomic E-state index is 12.0. The van der Waals surface area contributed by atoms with Gasteiger partial charge in [-0.3, -0.25) is 4.79 Å². The fraction of sp³-hybridized carbons (Fsp3) is 0.929. The second-order valence-electron chi connectivity index (χ2n) is 6.62. The predicted molar refractivity (Wildman–Crippen MR) is 63.5 cm³/mol.